The topological polar surface area (TPSA) is 151 Å². The molecule has 3 rings (SSSR count). The molecule has 0 radical (unpaired) electrons. The van der Waals surface area contributed by atoms with Crippen molar-refractivity contribution in [3.05, 3.63) is 59.7 Å². The number of phenols is 1. The highest BCUT2D eigenvalue weighted by atomic mass is 16.6. The van der Waals surface area contributed by atoms with Gasteiger partial charge < -0.3 is 31.1 Å². The number of nitrogens with two attached hydrogens (primary N) is 1. The molecule has 2 aromatic carbocycles. The number of nitrogens with one attached hydrogen (secondary N) is 2. The van der Waals surface area contributed by atoms with Gasteiger partial charge in [-0.25, -0.2) is 4.79 Å². The first-order valence-corrected chi connectivity index (χ1v) is 12.6. The number of carbonyl (C=O) groups is 4. The maximum absolute atomic E-state index is 14.0. The van der Waals surface area contributed by atoms with Gasteiger partial charge in [0, 0.05) is 11.7 Å². The minimum Gasteiger partial charge on any atom is -0.508 e. The van der Waals surface area contributed by atoms with Crippen molar-refractivity contribution in [2.45, 2.75) is 77.1 Å². The number of amides is 4. The van der Waals surface area contributed by atoms with Crippen LogP contribution >= 0.6 is 0 Å². The number of ether oxygens (including phenoxy) is 1. The molecule has 1 saturated carbocycles. The lowest BCUT2D eigenvalue weighted by Crippen LogP contribution is -2.57. The van der Waals surface area contributed by atoms with Gasteiger partial charge in [-0.3, -0.25) is 14.4 Å². The Labute approximate surface area is 222 Å². The molecule has 4 amide bonds. The lowest BCUT2D eigenvalue weighted by atomic mass is 9.87. The van der Waals surface area contributed by atoms with Crippen molar-refractivity contribution in [3.8, 4) is 5.75 Å². The van der Waals surface area contributed by atoms with Crippen LogP contribution in [0.5, 0.6) is 5.75 Å². The number of primary amides is 1. The van der Waals surface area contributed by atoms with Gasteiger partial charge in [0.15, 0.2) is 0 Å². The number of hydrogen-bond acceptors (Lipinski definition) is 6. The normalized spacial score (nSPS) is 14.9. The third-order valence-electron chi connectivity index (χ3n) is 6.23. The Morgan fingerprint density at radius 1 is 1.11 bits per heavy atom. The number of carbonyl (C=O) groups excluding carboxylic acids is 4. The van der Waals surface area contributed by atoms with E-state index in [2.05, 4.69) is 10.6 Å². The highest BCUT2D eigenvalue weighted by molar-refractivity contribution is 6.00. The number of hydrogen-bond donors (Lipinski definition) is 4. The number of para-hydroxylation sites is 1. The number of aromatic hydroxyl groups is 1. The molecule has 0 bridgehead atoms. The summed E-state index contributed by atoms with van der Waals surface area (Å²) in [4.78, 5) is 53.7. The summed E-state index contributed by atoms with van der Waals surface area (Å²) in [7, 11) is 0. The van der Waals surface area contributed by atoms with Gasteiger partial charge in [-0.2, -0.15) is 0 Å². The van der Waals surface area contributed by atoms with Crippen LogP contribution in [-0.2, 0) is 19.1 Å². The van der Waals surface area contributed by atoms with Crippen LogP contribution in [0.15, 0.2) is 48.5 Å². The van der Waals surface area contributed by atoms with Gasteiger partial charge in [-0.05, 0) is 76.3 Å². The number of benzene rings is 2. The van der Waals surface area contributed by atoms with Gasteiger partial charge >= 0.3 is 6.09 Å². The summed E-state index contributed by atoms with van der Waals surface area (Å²) in [6, 6.07) is 10.5. The van der Waals surface area contributed by atoms with Crippen molar-refractivity contribution >= 4 is 29.5 Å². The van der Waals surface area contributed by atoms with Crippen molar-refractivity contribution < 1.29 is 29.0 Å². The summed E-state index contributed by atoms with van der Waals surface area (Å²) in [6.45, 7) is 6.87. The van der Waals surface area contributed by atoms with Crippen molar-refractivity contribution in [2.75, 3.05) is 5.32 Å². The molecule has 2 unspecified atom stereocenters. The Morgan fingerprint density at radius 3 is 2.34 bits per heavy atom. The van der Waals surface area contributed by atoms with Gasteiger partial charge in [0.25, 0.3) is 5.91 Å². The first-order valence-electron chi connectivity index (χ1n) is 12.6. The van der Waals surface area contributed by atoms with Gasteiger partial charge in [-0.15, -0.1) is 0 Å². The van der Waals surface area contributed by atoms with Crippen LogP contribution in [0.4, 0.5) is 10.5 Å². The molecule has 0 aliphatic heterocycles. The fourth-order valence-electron chi connectivity index (χ4n) is 4.26. The zero-order valence-electron chi connectivity index (χ0n) is 22.2. The van der Waals surface area contributed by atoms with Crippen LogP contribution in [0.3, 0.4) is 0 Å². The largest absolute Gasteiger partial charge is 0.508 e. The molecular weight excluding hydrogens is 488 g/mol. The third kappa shape index (κ3) is 7.47. The van der Waals surface area contributed by atoms with Crippen LogP contribution in [0.2, 0.25) is 0 Å². The monoisotopic (exact) mass is 524 g/mol. The molecule has 0 heterocycles. The molecule has 2 atom stereocenters. The summed E-state index contributed by atoms with van der Waals surface area (Å²) < 4.78 is 5.30. The average molecular weight is 525 g/mol. The quantitative estimate of drug-likeness (QED) is 0.394. The second-order valence-electron chi connectivity index (χ2n) is 10.5. The fourth-order valence-corrected chi connectivity index (χ4v) is 4.26. The number of rotatable bonds is 9. The minimum absolute atomic E-state index is 0.0715. The number of anilines is 1. The van der Waals surface area contributed by atoms with Crippen LogP contribution in [0, 0.1) is 6.92 Å². The summed E-state index contributed by atoms with van der Waals surface area (Å²) in [5.74, 6) is -2.02. The molecule has 38 heavy (non-hydrogen) atoms. The van der Waals surface area contributed by atoms with Gasteiger partial charge in [0.05, 0.1) is 6.42 Å². The molecule has 204 valence electrons. The van der Waals surface area contributed by atoms with Crippen molar-refractivity contribution in [3.63, 3.8) is 0 Å². The summed E-state index contributed by atoms with van der Waals surface area (Å²) in [6.07, 6.45) is 0.751. The maximum atomic E-state index is 14.0. The van der Waals surface area contributed by atoms with Crippen LogP contribution in [0.1, 0.15) is 63.6 Å². The highest BCUT2D eigenvalue weighted by Crippen LogP contribution is 2.35. The van der Waals surface area contributed by atoms with E-state index in [0.717, 1.165) is 12.0 Å². The predicted octanol–water partition coefficient (Wildman–Crippen LogP) is 3.53. The average Bonchev–Trinajstić information content (AvgIpc) is 2.76. The SMILES string of the molecule is Cc1ccccc1NC(=O)C(c1cccc(O)c1)N(C(=O)C(CC(N)=O)NC(=O)OC(C)(C)C)C1CCC1. The lowest BCUT2D eigenvalue weighted by Gasteiger charge is -2.43. The Hall–Kier alpha value is -4.08. The van der Waals surface area contributed by atoms with E-state index in [4.69, 9.17) is 10.5 Å². The highest BCUT2D eigenvalue weighted by Gasteiger charge is 2.42. The van der Waals surface area contributed by atoms with Gasteiger partial charge in [0.1, 0.15) is 23.4 Å². The Kier molecular flexibility index (Phi) is 8.98. The maximum Gasteiger partial charge on any atom is 0.408 e. The molecular formula is C28H36N4O6. The first kappa shape index (κ1) is 28.5. The number of phenolic OH excluding ortho intramolecular Hbond substituents is 1. The zero-order chi connectivity index (χ0) is 28.0. The fraction of sp³-hybridized carbons (Fsp3) is 0.429. The van der Waals surface area contributed by atoms with E-state index >= 15 is 0 Å². The van der Waals surface area contributed by atoms with E-state index in [1.165, 1.54) is 17.0 Å². The Balaban J connectivity index is 2.03. The second-order valence-corrected chi connectivity index (χ2v) is 10.5. The molecule has 1 aliphatic rings. The Morgan fingerprint density at radius 2 is 1.79 bits per heavy atom. The van der Waals surface area contributed by atoms with Gasteiger partial charge in [0.2, 0.25) is 11.8 Å². The van der Waals surface area contributed by atoms with E-state index in [-0.39, 0.29) is 11.8 Å². The molecule has 1 fully saturated rings. The van der Waals surface area contributed by atoms with Crippen molar-refractivity contribution in [1.29, 1.82) is 0 Å². The zero-order valence-corrected chi connectivity index (χ0v) is 22.2. The summed E-state index contributed by atoms with van der Waals surface area (Å²) in [5.41, 5.74) is 6.37. The summed E-state index contributed by atoms with van der Waals surface area (Å²) in [5, 5.41) is 15.6. The molecule has 10 heteroatoms. The molecule has 0 spiro atoms. The summed E-state index contributed by atoms with van der Waals surface area (Å²) >= 11 is 0. The van der Waals surface area contributed by atoms with E-state index in [9.17, 15) is 24.3 Å². The molecule has 1 aliphatic carbocycles. The van der Waals surface area contributed by atoms with Crippen LogP contribution in [0.25, 0.3) is 0 Å². The van der Waals surface area contributed by atoms with Crippen LogP contribution in [-0.4, -0.2) is 51.5 Å². The number of nitrogens with zero attached hydrogens (tertiary/aromatic N) is 1. The number of aryl methyl sites for hydroxylation is 1. The van der Waals surface area contributed by atoms with E-state index < -0.39 is 47.9 Å². The molecule has 2 aromatic rings. The van der Waals surface area contributed by atoms with Crippen molar-refractivity contribution in [2.24, 2.45) is 5.73 Å². The van der Waals surface area contributed by atoms with Gasteiger partial charge in [-0.1, -0.05) is 30.3 Å². The van der Waals surface area contributed by atoms with E-state index in [1.54, 1.807) is 45.0 Å². The third-order valence-corrected chi connectivity index (χ3v) is 6.23. The van der Waals surface area contributed by atoms with Crippen molar-refractivity contribution in [1.82, 2.24) is 10.2 Å². The van der Waals surface area contributed by atoms with Crippen LogP contribution < -0.4 is 16.4 Å². The second kappa shape index (κ2) is 12.0. The minimum atomic E-state index is -1.35. The molecule has 5 N–H and O–H groups in total. The molecule has 0 saturated heterocycles. The molecule has 0 aromatic heterocycles. The standard InChI is InChI=1S/C28H36N4O6/c1-17-9-5-6-14-21(17)30-25(35)24(18-10-7-13-20(33)15-18)32(19-11-8-12-19)26(36)22(16-23(29)34)31-27(37)38-28(2,3)4/h5-7,9-10,13-15,19,22,24,33H,8,11-12,16H2,1-4H3,(H2,29,34)(H,30,35)(H,31,37). The Bertz CT molecular complexity index is 1190. The van der Waals surface area contributed by atoms with E-state index in [0.29, 0.717) is 24.1 Å². The molecule has 10 nitrogen and oxygen atoms in total. The number of alkyl carbamates (subject to hydrolysis) is 1. The first-order chi connectivity index (χ1) is 17.9. The predicted molar refractivity (Wildman–Crippen MR) is 142 cm³/mol. The smallest absolute Gasteiger partial charge is 0.408 e. The lowest BCUT2D eigenvalue weighted by molar-refractivity contribution is -0.146. The van der Waals surface area contributed by atoms with E-state index in [1.807, 2.05) is 19.1 Å².